The second-order valence-electron chi connectivity index (χ2n) is 8.97. The van der Waals surface area contributed by atoms with E-state index in [1.165, 1.54) is 0 Å². The number of benzene rings is 1. The van der Waals surface area contributed by atoms with E-state index in [1.807, 2.05) is 40.1 Å². The SMILES string of the molecule is NC(=O)C(Nc1nc(N2CC(N)CC(N)C2)nc(N2CC(N)CC(N)C2)n1)c1ccccc1. The van der Waals surface area contributed by atoms with Crippen LogP contribution in [0.5, 0.6) is 0 Å². The van der Waals surface area contributed by atoms with Crippen molar-refractivity contribution >= 4 is 23.8 Å². The van der Waals surface area contributed by atoms with Crippen LogP contribution >= 0.6 is 0 Å². The number of aromatic nitrogens is 3. The Kier molecular flexibility index (Phi) is 6.88. The fraction of sp³-hybridized carbons (Fsp3) is 0.524. The smallest absolute Gasteiger partial charge is 0.244 e. The Bertz CT molecular complexity index is 894. The fourth-order valence-corrected chi connectivity index (χ4v) is 4.48. The van der Waals surface area contributed by atoms with E-state index in [9.17, 15) is 4.79 Å². The van der Waals surface area contributed by atoms with E-state index in [4.69, 9.17) is 33.7 Å². The minimum Gasteiger partial charge on any atom is -0.368 e. The number of nitrogens with zero attached hydrogens (tertiary/aromatic N) is 5. The van der Waals surface area contributed by atoms with Gasteiger partial charge >= 0.3 is 0 Å². The normalized spacial score (nSPS) is 26.7. The summed E-state index contributed by atoms with van der Waals surface area (Å²) in [7, 11) is 0. The molecule has 33 heavy (non-hydrogen) atoms. The minimum atomic E-state index is -0.814. The van der Waals surface area contributed by atoms with Crippen molar-refractivity contribution in [1.29, 1.82) is 0 Å². The zero-order valence-corrected chi connectivity index (χ0v) is 18.5. The zero-order chi connectivity index (χ0) is 23.5. The molecule has 2 aliphatic heterocycles. The highest BCUT2D eigenvalue weighted by atomic mass is 16.1. The Labute approximate surface area is 192 Å². The van der Waals surface area contributed by atoms with Crippen LogP contribution in [0, 0.1) is 0 Å². The zero-order valence-electron chi connectivity index (χ0n) is 18.5. The predicted molar refractivity (Wildman–Crippen MR) is 127 cm³/mol. The molecule has 12 nitrogen and oxygen atoms in total. The number of rotatable bonds is 6. The first-order valence-corrected chi connectivity index (χ1v) is 11.2. The Morgan fingerprint density at radius 2 is 1.27 bits per heavy atom. The number of hydrogen-bond donors (Lipinski definition) is 6. The molecular weight excluding hydrogens is 422 g/mol. The summed E-state index contributed by atoms with van der Waals surface area (Å²) in [6.45, 7) is 2.25. The quantitative estimate of drug-likeness (QED) is 0.288. The fourth-order valence-electron chi connectivity index (χ4n) is 4.48. The maximum atomic E-state index is 12.3. The van der Waals surface area contributed by atoms with Crippen LogP contribution < -0.4 is 43.8 Å². The van der Waals surface area contributed by atoms with Crippen LogP contribution in [-0.4, -0.2) is 71.2 Å². The maximum Gasteiger partial charge on any atom is 0.244 e. The van der Waals surface area contributed by atoms with E-state index in [-0.39, 0.29) is 30.1 Å². The van der Waals surface area contributed by atoms with Crippen LogP contribution in [0.1, 0.15) is 24.4 Å². The highest BCUT2D eigenvalue weighted by Gasteiger charge is 2.29. The van der Waals surface area contributed by atoms with E-state index in [0.717, 1.165) is 12.8 Å². The van der Waals surface area contributed by atoms with Crippen LogP contribution in [-0.2, 0) is 4.79 Å². The number of carbonyl (C=O) groups is 1. The predicted octanol–water partition coefficient (Wildman–Crippen LogP) is -1.76. The number of anilines is 3. The molecule has 2 fully saturated rings. The molecule has 2 aliphatic rings. The Balaban J connectivity index is 1.70. The lowest BCUT2D eigenvalue weighted by molar-refractivity contribution is -0.118. The van der Waals surface area contributed by atoms with Gasteiger partial charge in [0.25, 0.3) is 0 Å². The van der Waals surface area contributed by atoms with Crippen molar-refractivity contribution in [3.63, 3.8) is 0 Å². The summed E-state index contributed by atoms with van der Waals surface area (Å²) in [5.41, 5.74) is 31.2. The monoisotopic (exact) mass is 455 g/mol. The van der Waals surface area contributed by atoms with Gasteiger partial charge in [-0.2, -0.15) is 15.0 Å². The summed E-state index contributed by atoms with van der Waals surface area (Å²) in [5.74, 6) is 0.533. The number of hydrogen-bond acceptors (Lipinski definition) is 11. The Hall–Kier alpha value is -3.06. The molecule has 0 bridgehead atoms. The first-order valence-electron chi connectivity index (χ1n) is 11.2. The molecule has 3 heterocycles. The van der Waals surface area contributed by atoms with Crippen molar-refractivity contribution in [2.24, 2.45) is 28.7 Å². The van der Waals surface area contributed by atoms with Crippen molar-refractivity contribution in [3.8, 4) is 0 Å². The van der Waals surface area contributed by atoms with E-state index in [1.54, 1.807) is 0 Å². The largest absolute Gasteiger partial charge is 0.368 e. The highest BCUT2D eigenvalue weighted by molar-refractivity contribution is 5.84. The van der Waals surface area contributed by atoms with Gasteiger partial charge in [0.05, 0.1) is 0 Å². The van der Waals surface area contributed by atoms with Crippen molar-refractivity contribution in [2.45, 2.75) is 43.1 Å². The van der Waals surface area contributed by atoms with E-state index in [0.29, 0.717) is 43.6 Å². The van der Waals surface area contributed by atoms with E-state index >= 15 is 0 Å². The molecule has 2 aromatic rings. The molecule has 11 N–H and O–H groups in total. The molecule has 178 valence electrons. The number of piperidine rings is 2. The van der Waals surface area contributed by atoms with E-state index in [2.05, 4.69) is 15.3 Å². The van der Waals surface area contributed by atoms with Gasteiger partial charge in [0.15, 0.2) is 0 Å². The number of nitrogens with one attached hydrogen (secondary N) is 1. The summed E-state index contributed by atoms with van der Waals surface area (Å²) in [6.07, 6.45) is 1.46. The molecule has 4 rings (SSSR count). The molecule has 5 unspecified atom stereocenters. The third kappa shape index (κ3) is 5.66. The van der Waals surface area contributed by atoms with Crippen LogP contribution in [0.25, 0.3) is 0 Å². The molecule has 0 radical (unpaired) electrons. The second-order valence-corrected chi connectivity index (χ2v) is 8.97. The third-order valence-electron chi connectivity index (χ3n) is 5.90. The maximum absolute atomic E-state index is 12.3. The number of amides is 1. The lowest BCUT2D eigenvalue weighted by Gasteiger charge is -2.37. The van der Waals surface area contributed by atoms with Crippen LogP contribution in [0.2, 0.25) is 0 Å². The van der Waals surface area contributed by atoms with Crippen LogP contribution in [0.3, 0.4) is 0 Å². The van der Waals surface area contributed by atoms with Gasteiger partial charge in [-0.05, 0) is 18.4 Å². The number of primary amides is 1. The van der Waals surface area contributed by atoms with Gasteiger partial charge in [-0.1, -0.05) is 30.3 Å². The lowest BCUT2D eigenvalue weighted by Crippen LogP contribution is -2.54. The molecule has 0 spiro atoms. The summed E-state index contributed by atoms with van der Waals surface area (Å²) in [6, 6.07) is 7.99. The molecule has 1 aromatic heterocycles. The summed E-state index contributed by atoms with van der Waals surface area (Å²) in [5, 5.41) is 3.08. The van der Waals surface area contributed by atoms with Crippen LogP contribution in [0.15, 0.2) is 30.3 Å². The molecule has 12 heteroatoms. The second kappa shape index (κ2) is 9.83. The van der Waals surface area contributed by atoms with Crippen LogP contribution in [0.4, 0.5) is 17.8 Å². The molecular formula is C21H33N11O. The van der Waals surface area contributed by atoms with Gasteiger partial charge in [-0.3, -0.25) is 4.79 Å². The van der Waals surface area contributed by atoms with Crippen molar-refractivity contribution in [3.05, 3.63) is 35.9 Å². The lowest BCUT2D eigenvalue weighted by atomic mass is 10.0. The Morgan fingerprint density at radius 3 is 1.70 bits per heavy atom. The first-order chi connectivity index (χ1) is 15.8. The Morgan fingerprint density at radius 1 is 0.818 bits per heavy atom. The molecule has 0 saturated carbocycles. The summed E-state index contributed by atoms with van der Waals surface area (Å²) >= 11 is 0. The van der Waals surface area contributed by atoms with Gasteiger partial charge in [0, 0.05) is 50.3 Å². The van der Waals surface area contributed by atoms with Gasteiger partial charge in [0.2, 0.25) is 23.8 Å². The molecule has 0 aliphatic carbocycles. The first kappa shape index (κ1) is 23.1. The topological polar surface area (TPSA) is 204 Å². The van der Waals surface area contributed by atoms with Crippen molar-refractivity contribution in [2.75, 3.05) is 41.3 Å². The minimum absolute atomic E-state index is 0.0927. The number of nitrogens with two attached hydrogens (primary N) is 5. The summed E-state index contributed by atoms with van der Waals surface area (Å²) < 4.78 is 0. The molecule has 5 atom stereocenters. The number of carbonyl (C=O) groups excluding carboxylic acids is 1. The molecule has 1 amide bonds. The third-order valence-corrected chi connectivity index (χ3v) is 5.90. The molecule has 2 saturated heterocycles. The van der Waals surface area contributed by atoms with Gasteiger partial charge in [-0.25, -0.2) is 0 Å². The standard InChI is InChI=1S/C21H33N11O/c22-13-6-14(23)9-31(8-13)20-28-19(27-17(18(26)33)12-4-2-1-3-5-12)29-21(30-20)32-10-15(24)7-16(25)11-32/h1-5,13-17H,6-11,22-25H2,(H2,26,33)(H,27,28,29,30). The van der Waals surface area contributed by atoms with E-state index < -0.39 is 11.9 Å². The summed E-state index contributed by atoms with van der Waals surface area (Å²) in [4.78, 5) is 30.0. The average molecular weight is 456 g/mol. The molecule has 1 aromatic carbocycles. The van der Waals surface area contributed by atoms with Gasteiger partial charge in [-0.15, -0.1) is 0 Å². The van der Waals surface area contributed by atoms with Gasteiger partial charge in [0.1, 0.15) is 6.04 Å². The highest BCUT2D eigenvalue weighted by Crippen LogP contribution is 2.24. The average Bonchev–Trinajstić information content (AvgIpc) is 2.76. The van der Waals surface area contributed by atoms with Crippen molar-refractivity contribution in [1.82, 2.24) is 15.0 Å². The van der Waals surface area contributed by atoms with Gasteiger partial charge < -0.3 is 43.8 Å². The van der Waals surface area contributed by atoms with Crippen molar-refractivity contribution < 1.29 is 4.79 Å².